The van der Waals surface area contributed by atoms with Crippen LogP contribution in [0.3, 0.4) is 0 Å². The average molecular weight is 444 g/mol. The Morgan fingerprint density at radius 1 is 1.20 bits per heavy atom. The molecule has 0 saturated heterocycles. The van der Waals surface area contributed by atoms with Gasteiger partial charge in [-0.1, -0.05) is 20.8 Å². The minimum Gasteiger partial charge on any atom is -0.496 e. The van der Waals surface area contributed by atoms with Gasteiger partial charge in [0, 0.05) is 18.5 Å². The maximum atomic E-state index is 13.8. The van der Waals surface area contributed by atoms with Crippen LogP contribution in [0.25, 0.3) is 0 Å². The van der Waals surface area contributed by atoms with Crippen molar-refractivity contribution in [3.8, 4) is 5.75 Å². The molecule has 0 radical (unpaired) electrons. The summed E-state index contributed by atoms with van der Waals surface area (Å²) >= 11 is 0. The number of ether oxygens (including phenoxy) is 2. The van der Waals surface area contributed by atoms with E-state index in [4.69, 9.17) is 13.9 Å². The third kappa shape index (κ3) is 8.24. The lowest BCUT2D eigenvalue weighted by molar-refractivity contribution is 0.0451. The molecule has 0 saturated carbocycles. The predicted molar refractivity (Wildman–Crippen MR) is 119 cm³/mol. The number of methoxy groups -OCH3 is 1. The molecule has 0 aromatic heterocycles. The summed E-state index contributed by atoms with van der Waals surface area (Å²) in [6.07, 6.45) is -1.89. The molecule has 6 nitrogen and oxygen atoms in total. The Balaban J connectivity index is 3.02. The molecule has 0 unspecified atom stereocenters. The molecular weight excluding hydrogens is 405 g/mol. The van der Waals surface area contributed by atoms with Crippen LogP contribution in [0.5, 0.6) is 5.75 Å². The highest BCUT2D eigenvalue weighted by Crippen LogP contribution is 2.38. The number of hydrogen-bond donors (Lipinski definition) is 2. The number of alkyl carbamates (subject to hydrolysis) is 1. The van der Waals surface area contributed by atoms with Gasteiger partial charge >= 0.3 is 6.09 Å². The number of hydrogen-bond acceptors (Lipinski definition) is 5. The van der Waals surface area contributed by atoms with Crippen LogP contribution in [0.4, 0.5) is 9.18 Å². The lowest BCUT2D eigenvalue weighted by Crippen LogP contribution is -2.47. The third-order valence-corrected chi connectivity index (χ3v) is 9.71. The van der Waals surface area contributed by atoms with Crippen molar-refractivity contribution in [3.05, 3.63) is 29.6 Å². The molecular formula is C22H38FNO5Si. The SMILES string of the molecule is COc1ccc(F)cc1[C@H](O)C[C@H](CNC(=O)OC(C)(C)C)O[Si](C)(C)C(C)(C)C. The van der Waals surface area contributed by atoms with E-state index in [1.165, 1.54) is 25.3 Å². The summed E-state index contributed by atoms with van der Waals surface area (Å²) in [5.74, 6) is -0.0614. The molecule has 0 aliphatic rings. The van der Waals surface area contributed by atoms with Gasteiger partial charge in [0.1, 0.15) is 17.2 Å². The highest BCUT2D eigenvalue weighted by molar-refractivity contribution is 6.74. The zero-order valence-corrected chi connectivity index (χ0v) is 20.8. The molecule has 0 heterocycles. The van der Waals surface area contributed by atoms with Gasteiger partial charge < -0.3 is 24.3 Å². The van der Waals surface area contributed by atoms with Crippen LogP contribution in [-0.2, 0) is 9.16 Å². The normalized spacial score (nSPS) is 14.8. The molecule has 1 aromatic carbocycles. The number of carbonyl (C=O) groups excluding carboxylic acids is 1. The number of rotatable bonds is 8. The first-order chi connectivity index (χ1) is 13.6. The fourth-order valence-electron chi connectivity index (χ4n) is 2.62. The zero-order chi connectivity index (χ0) is 23.3. The van der Waals surface area contributed by atoms with E-state index >= 15 is 0 Å². The Bertz CT molecular complexity index is 712. The predicted octanol–water partition coefficient (Wildman–Crippen LogP) is 5.17. The van der Waals surface area contributed by atoms with Gasteiger partial charge in [-0.3, -0.25) is 0 Å². The molecule has 1 amide bonds. The maximum absolute atomic E-state index is 13.8. The van der Waals surface area contributed by atoms with Crippen LogP contribution in [0.15, 0.2) is 18.2 Å². The minimum atomic E-state index is -2.20. The van der Waals surface area contributed by atoms with Crippen LogP contribution >= 0.6 is 0 Å². The number of carbonyl (C=O) groups is 1. The van der Waals surface area contributed by atoms with Crippen molar-refractivity contribution in [3.63, 3.8) is 0 Å². The van der Waals surface area contributed by atoms with Crippen molar-refractivity contribution >= 4 is 14.4 Å². The van der Waals surface area contributed by atoms with E-state index in [0.29, 0.717) is 11.3 Å². The van der Waals surface area contributed by atoms with Crippen LogP contribution in [0, 0.1) is 5.82 Å². The molecule has 2 atom stereocenters. The van der Waals surface area contributed by atoms with E-state index in [-0.39, 0.29) is 18.0 Å². The van der Waals surface area contributed by atoms with Gasteiger partial charge in [-0.25, -0.2) is 9.18 Å². The lowest BCUT2D eigenvalue weighted by Gasteiger charge is -2.40. The van der Waals surface area contributed by atoms with Crippen molar-refractivity contribution in [2.24, 2.45) is 0 Å². The Morgan fingerprint density at radius 2 is 1.80 bits per heavy atom. The van der Waals surface area contributed by atoms with Crippen molar-refractivity contribution in [1.82, 2.24) is 5.32 Å². The van der Waals surface area contributed by atoms with Crippen LogP contribution < -0.4 is 10.1 Å². The lowest BCUT2D eigenvalue weighted by atomic mass is 10.0. The first kappa shape index (κ1) is 26.4. The second-order valence-electron chi connectivity index (χ2n) is 10.0. The average Bonchev–Trinajstić information content (AvgIpc) is 2.56. The van der Waals surface area contributed by atoms with Gasteiger partial charge in [-0.15, -0.1) is 0 Å². The van der Waals surface area contributed by atoms with E-state index in [2.05, 4.69) is 39.2 Å². The summed E-state index contributed by atoms with van der Waals surface area (Å²) in [7, 11) is -0.727. The van der Waals surface area contributed by atoms with Gasteiger partial charge in [-0.2, -0.15) is 0 Å². The summed E-state index contributed by atoms with van der Waals surface area (Å²) in [6, 6.07) is 4.02. The Kier molecular flexibility index (Phi) is 8.89. The van der Waals surface area contributed by atoms with Gasteiger partial charge in [0.15, 0.2) is 8.32 Å². The molecule has 0 bridgehead atoms. The number of benzene rings is 1. The number of nitrogens with one attached hydrogen (secondary N) is 1. The molecule has 0 aliphatic heterocycles. The Labute approximate surface area is 181 Å². The summed E-state index contributed by atoms with van der Waals surface area (Å²) in [5, 5.41) is 13.5. The van der Waals surface area contributed by atoms with E-state index in [1.54, 1.807) is 20.8 Å². The van der Waals surface area contributed by atoms with Crippen molar-refractivity contribution < 1.29 is 28.2 Å². The monoisotopic (exact) mass is 443 g/mol. The van der Waals surface area contributed by atoms with Crippen molar-refractivity contribution in [2.45, 2.75) is 83.9 Å². The molecule has 8 heteroatoms. The molecule has 1 aromatic rings. The van der Waals surface area contributed by atoms with Crippen LogP contribution in [0.2, 0.25) is 18.1 Å². The van der Waals surface area contributed by atoms with E-state index in [1.807, 2.05) is 0 Å². The second kappa shape index (κ2) is 10.1. The molecule has 0 spiro atoms. The van der Waals surface area contributed by atoms with Gasteiger partial charge in [0.05, 0.1) is 19.3 Å². The number of halogens is 1. The van der Waals surface area contributed by atoms with Gasteiger partial charge in [0.25, 0.3) is 0 Å². The Morgan fingerprint density at radius 3 is 2.30 bits per heavy atom. The standard InChI is InChI=1S/C22H38FNO5Si/c1-21(2,3)28-20(26)24-14-16(29-30(8,9)22(4,5)6)13-18(25)17-12-15(23)10-11-19(17)27-7/h10-12,16,18,25H,13-14H2,1-9H3,(H,24,26)/t16-,18-/m1/s1. The first-order valence-corrected chi connectivity index (χ1v) is 13.1. The fraction of sp³-hybridized carbons (Fsp3) is 0.682. The third-order valence-electron chi connectivity index (χ3n) is 5.18. The zero-order valence-electron chi connectivity index (χ0n) is 19.8. The molecule has 172 valence electrons. The topological polar surface area (TPSA) is 77.0 Å². The number of aliphatic hydroxyl groups is 1. The molecule has 1 rings (SSSR count). The first-order valence-electron chi connectivity index (χ1n) is 10.2. The highest BCUT2D eigenvalue weighted by Gasteiger charge is 2.39. The van der Waals surface area contributed by atoms with Gasteiger partial charge in [-0.05, 0) is 57.1 Å². The molecule has 30 heavy (non-hydrogen) atoms. The Hall–Kier alpha value is -1.64. The van der Waals surface area contributed by atoms with Gasteiger partial charge in [0.2, 0.25) is 0 Å². The number of aliphatic hydroxyl groups excluding tert-OH is 1. The second-order valence-corrected chi connectivity index (χ2v) is 14.8. The summed E-state index contributed by atoms with van der Waals surface area (Å²) in [5.41, 5.74) is -0.271. The quantitative estimate of drug-likeness (QED) is 0.542. The van der Waals surface area contributed by atoms with E-state index < -0.39 is 38.0 Å². The molecule has 0 fully saturated rings. The summed E-state index contributed by atoms with van der Waals surface area (Å²) < 4.78 is 30.8. The molecule has 0 aliphatic carbocycles. The summed E-state index contributed by atoms with van der Waals surface area (Å²) in [4.78, 5) is 12.1. The van der Waals surface area contributed by atoms with E-state index in [9.17, 15) is 14.3 Å². The molecule has 2 N–H and O–H groups in total. The number of amides is 1. The summed E-state index contributed by atoms with van der Waals surface area (Å²) in [6.45, 7) is 16.1. The van der Waals surface area contributed by atoms with Crippen molar-refractivity contribution in [1.29, 1.82) is 0 Å². The minimum absolute atomic E-state index is 0.0569. The fourth-order valence-corrected chi connectivity index (χ4v) is 3.99. The van der Waals surface area contributed by atoms with Crippen molar-refractivity contribution in [2.75, 3.05) is 13.7 Å². The highest BCUT2D eigenvalue weighted by atomic mass is 28.4. The van der Waals surface area contributed by atoms with E-state index in [0.717, 1.165) is 0 Å². The largest absolute Gasteiger partial charge is 0.496 e. The maximum Gasteiger partial charge on any atom is 0.407 e. The van der Waals surface area contributed by atoms with Crippen LogP contribution in [0.1, 0.15) is 59.6 Å². The van der Waals surface area contributed by atoms with Crippen LogP contribution in [-0.4, -0.2) is 44.9 Å². The smallest absolute Gasteiger partial charge is 0.407 e.